The van der Waals surface area contributed by atoms with Crippen LogP contribution < -0.4 is 15.8 Å². The van der Waals surface area contributed by atoms with Crippen LogP contribution in [0.15, 0.2) is 24.3 Å². The van der Waals surface area contributed by atoms with E-state index in [4.69, 9.17) is 10.5 Å². The third-order valence-electron chi connectivity index (χ3n) is 2.51. The number of nitrogens with one attached hydrogen (secondary N) is 1. The Hall–Kier alpha value is -2.44. The summed E-state index contributed by atoms with van der Waals surface area (Å²) in [6.07, 6.45) is -0.143. The van der Waals surface area contributed by atoms with Crippen molar-refractivity contribution in [3.05, 3.63) is 41.7 Å². The van der Waals surface area contributed by atoms with Gasteiger partial charge in [-0.1, -0.05) is 0 Å². The second-order valence-electron chi connectivity index (χ2n) is 4.63. The maximum absolute atomic E-state index is 13.6. The summed E-state index contributed by atoms with van der Waals surface area (Å²) in [6.45, 7) is 3.60. The van der Waals surface area contributed by atoms with E-state index in [0.717, 1.165) is 0 Å². The molecular weight excluding hydrogens is 283 g/mol. The van der Waals surface area contributed by atoms with Gasteiger partial charge in [0.25, 0.3) is 0 Å². The van der Waals surface area contributed by atoms with Gasteiger partial charge < -0.3 is 15.8 Å². The van der Waals surface area contributed by atoms with Gasteiger partial charge in [-0.15, -0.1) is 0 Å². The van der Waals surface area contributed by atoms with E-state index < -0.39 is 17.5 Å². The molecule has 0 radical (unpaired) electrons. The van der Waals surface area contributed by atoms with E-state index >= 15 is 0 Å². The third-order valence-corrected chi connectivity index (χ3v) is 2.51. The highest BCUT2D eigenvalue weighted by atomic mass is 19.2. The van der Waals surface area contributed by atoms with Gasteiger partial charge in [-0.2, -0.15) is 4.98 Å². The molecule has 0 aliphatic carbocycles. The summed E-state index contributed by atoms with van der Waals surface area (Å²) in [5.74, 6) is -2.97. The van der Waals surface area contributed by atoms with Gasteiger partial charge in [-0.3, -0.25) is 0 Å². The number of nitrogen functional groups attached to an aromatic ring is 1. The molecule has 1 aromatic heterocycles. The quantitative estimate of drug-likeness (QED) is 0.846. The SMILES string of the molecule is CC(C)Oc1nc(Nc2cc(F)c(F)cc2F)ccc1N. The van der Waals surface area contributed by atoms with Crippen LogP contribution in [0.25, 0.3) is 0 Å². The molecule has 0 bridgehead atoms. The van der Waals surface area contributed by atoms with E-state index in [1.54, 1.807) is 13.8 Å². The normalized spacial score (nSPS) is 10.8. The van der Waals surface area contributed by atoms with Crippen molar-refractivity contribution in [3.8, 4) is 5.88 Å². The first kappa shape index (κ1) is 15.0. The zero-order valence-electron chi connectivity index (χ0n) is 11.5. The fourth-order valence-corrected chi connectivity index (χ4v) is 1.59. The van der Waals surface area contributed by atoms with Crippen LogP contribution in [-0.4, -0.2) is 11.1 Å². The summed E-state index contributed by atoms with van der Waals surface area (Å²) >= 11 is 0. The van der Waals surface area contributed by atoms with Crippen molar-refractivity contribution in [2.45, 2.75) is 20.0 Å². The molecule has 0 atom stereocenters. The minimum atomic E-state index is -1.26. The van der Waals surface area contributed by atoms with Crippen molar-refractivity contribution in [2.24, 2.45) is 0 Å². The number of nitrogens with zero attached hydrogens (tertiary/aromatic N) is 1. The predicted octanol–water partition coefficient (Wildman–Crippen LogP) is 3.61. The fourth-order valence-electron chi connectivity index (χ4n) is 1.59. The second kappa shape index (κ2) is 5.90. The van der Waals surface area contributed by atoms with Gasteiger partial charge in [0.1, 0.15) is 11.6 Å². The summed E-state index contributed by atoms with van der Waals surface area (Å²) < 4.78 is 44.9. The molecule has 21 heavy (non-hydrogen) atoms. The van der Waals surface area contributed by atoms with Gasteiger partial charge in [0, 0.05) is 12.1 Å². The fraction of sp³-hybridized carbons (Fsp3) is 0.214. The monoisotopic (exact) mass is 297 g/mol. The zero-order chi connectivity index (χ0) is 15.6. The van der Waals surface area contributed by atoms with Crippen molar-refractivity contribution >= 4 is 17.2 Å². The lowest BCUT2D eigenvalue weighted by Gasteiger charge is -2.13. The van der Waals surface area contributed by atoms with Crippen molar-refractivity contribution < 1.29 is 17.9 Å². The molecule has 0 spiro atoms. The molecule has 0 saturated heterocycles. The lowest BCUT2D eigenvalue weighted by atomic mass is 10.2. The molecule has 0 saturated carbocycles. The summed E-state index contributed by atoms with van der Waals surface area (Å²) in [7, 11) is 0. The molecular formula is C14H14F3N3O. The van der Waals surface area contributed by atoms with Crippen LogP contribution in [0.1, 0.15) is 13.8 Å². The van der Waals surface area contributed by atoms with Crippen LogP contribution in [0.2, 0.25) is 0 Å². The lowest BCUT2D eigenvalue weighted by Crippen LogP contribution is -2.10. The Balaban J connectivity index is 2.30. The van der Waals surface area contributed by atoms with E-state index in [1.807, 2.05) is 0 Å². The highest BCUT2D eigenvalue weighted by molar-refractivity contribution is 5.61. The number of aromatic nitrogens is 1. The summed E-state index contributed by atoms with van der Waals surface area (Å²) in [5.41, 5.74) is 5.79. The van der Waals surface area contributed by atoms with Gasteiger partial charge in [0.05, 0.1) is 17.5 Å². The van der Waals surface area contributed by atoms with E-state index in [9.17, 15) is 13.2 Å². The molecule has 0 aliphatic rings. The van der Waals surface area contributed by atoms with Gasteiger partial charge in [-0.25, -0.2) is 13.2 Å². The Bertz CT molecular complexity index is 662. The van der Waals surface area contributed by atoms with Crippen LogP contribution in [0, 0.1) is 17.5 Å². The Kier molecular flexibility index (Phi) is 4.21. The molecule has 3 N–H and O–H groups in total. The van der Waals surface area contributed by atoms with Crippen molar-refractivity contribution in [1.29, 1.82) is 0 Å². The standard InChI is InChI=1S/C14H14F3N3O/c1-7(2)21-14-11(18)3-4-13(20-14)19-12-6-9(16)8(15)5-10(12)17/h3-7H,18H2,1-2H3,(H,19,20). The average molecular weight is 297 g/mol. The topological polar surface area (TPSA) is 60.2 Å². The average Bonchev–Trinajstić information content (AvgIpc) is 2.39. The minimum absolute atomic E-state index is 0.143. The lowest BCUT2D eigenvalue weighted by molar-refractivity contribution is 0.234. The van der Waals surface area contributed by atoms with Crippen LogP contribution in [0.5, 0.6) is 5.88 Å². The van der Waals surface area contributed by atoms with Crippen LogP contribution >= 0.6 is 0 Å². The number of anilines is 3. The molecule has 0 unspecified atom stereocenters. The molecule has 7 heteroatoms. The van der Waals surface area contributed by atoms with E-state index in [1.165, 1.54) is 12.1 Å². The number of benzene rings is 1. The minimum Gasteiger partial charge on any atom is -0.473 e. The Morgan fingerprint density at radius 3 is 2.43 bits per heavy atom. The number of halogens is 3. The molecule has 0 amide bonds. The first-order valence-electron chi connectivity index (χ1n) is 6.21. The van der Waals surface area contributed by atoms with Gasteiger partial charge in [-0.05, 0) is 26.0 Å². The largest absolute Gasteiger partial charge is 0.473 e. The summed E-state index contributed by atoms with van der Waals surface area (Å²) in [6, 6.07) is 4.17. The summed E-state index contributed by atoms with van der Waals surface area (Å²) in [5, 5.41) is 2.55. The summed E-state index contributed by atoms with van der Waals surface area (Å²) in [4.78, 5) is 4.06. The highest BCUT2D eigenvalue weighted by Crippen LogP contribution is 2.26. The zero-order valence-corrected chi connectivity index (χ0v) is 11.5. The third kappa shape index (κ3) is 3.56. The number of nitrogens with two attached hydrogens (primary N) is 1. The molecule has 0 fully saturated rings. The van der Waals surface area contributed by atoms with E-state index in [-0.39, 0.29) is 23.5 Å². The predicted molar refractivity (Wildman–Crippen MR) is 74.0 cm³/mol. The molecule has 2 aromatic rings. The Morgan fingerprint density at radius 1 is 1.10 bits per heavy atom. The number of hydrogen-bond donors (Lipinski definition) is 2. The van der Waals surface area contributed by atoms with Gasteiger partial charge in [0.15, 0.2) is 11.6 Å². The Morgan fingerprint density at radius 2 is 1.76 bits per heavy atom. The molecule has 1 aromatic carbocycles. The number of hydrogen-bond acceptors (Lipinski definition) is 4. The number of ether oxygens (including phenoxy) is 1. The molecule has 4 nitrogen and oxygen atoms in total. The van der Waals surface area contributed by atoms with Crippen LogP contribution in [0.4, 0.5) is 30.4 Å². The van der Waals surface area contributed by atoms with Crippen molar-refractivity contribution in [3.63, 3.8) is 0 Å². The molecule has 112 valence electrons. The first-order chi connectivity index (χ1) is 9.86. The smallest absolute Gasteiger partial charge is 0.239 e. The second-order valence-corrected chi connectivity index (χ2v) is 4.63. The maximum atomic E-state index is 13.6. The molecule has 2 rings (SSSR count). The molecule has 0 aliphatic heterocycles. The van der Waals surface area contributed by atoms with E-state index in [2.05, 4.69) is 10.3 Å². The van der Waals surface area contributed by atoms with Crippen LogP contribution in [0.3, 0.4) is 0 Å². The van der Waals surface area contributed by atoms with Gasteiger partial charge in [0.2, 0.25) is 5.88 Å². The van der Waals surface area contributed by atoms with E-state index in [0.29, 0.717) is 17.8 Å². The Labute approximate surface area is 119 Å². The number of pyridine rings is 1. The first-order valence-corrected chi connectivity index (χ1v) is 6.21. The highest BCUT2D eigenvalue weighted by Gasteiger charge is 2.12. The van der Waals surface area contributed by atoms with Gasteiger partial charge >= 0.3 is 0 Å². The van der Waals surface area contributed by atoms with Crippen molar-refractivity contribution in [1.82, 2.24) is 4.98 Å². The maximum Gasteiger partial charge on any atom is 0.239 e. The van der Waals surface area contributed by atoms with Crippen molar-refractivity contribution in [2.75, 3.05) is 11.1 Å². The number of rotatable bonds is 4. The molecule has 1 heterocycles. The van der Waals surface area contributed by atoms with Crippen LogP contribution in [-0.2, 0) is 0 Å².